The normalized spacial score (nSPS) is 10.0. The van der Waals surface area contributed by atoms with E-state index in [1.807, 2.05) is 0 Å². The van der Waals surface area contributed by atoms with Gasteiger partial charge in [0.05, 0.1) is 16.1 Å². The Morgan fingerprint density at radius 2 is 1.77 bits per heavy atom. The molecule has 2 N–H and O–H groups in total. The molecule has 0 aromatic heterocycles. The quantitative estimate of drug-likeness (QED) is 0.664. The number of nitro groups is 1. The number of benzene rings is 2. The molecule has 2 aromatic carbocycles. The van der Waals surface area contributed by atoms with Crippen LogP contribution in [0.15, 0.2) is 42.5 Å². The molecular formula is C14H9ClN2O5. The van der Waals surface area contributed by atoms with Crippen molar-refractivity contribution in [1.82, 2.24) is 0 Å². The second-order valence-corrected chi connectivity index (χ2v) is 4.61. The zero-order valence-electron chi connectivity index (χ0n) is 10.9. The molecule has 0 heterocycles. The first kappa shape index (κ1) is 15.5. The standard InChI is InChI=1S/C14H9ClN2O5/c15-12-10(2-1-3-11(12)17(21)22)13(18)16-9-6-4-8(5-7-9)14(19)20/h1-7H,(H,16,18)(H,19,20). The number of nitrogens with zero attached hydrogens (tertiary/aromatic N) is 1. The van der Waals surface area contributed by atoms with E-state index >= 15 is 0 Å². The number of rotatable bonds is 4. The maximum atomic E-state index is 12.1. The molecule has 0 saturated heterocycles. The number of carbonyl (C=O) groups excluding carboxylic acids is 1. The summed E-state index contributed by atoms with van der Waals surface area (Å²) in [6, 6.07) is 9.38. The van der Waals surface area contributed by atoms with E-state index in [9.17, 15) is 19.7 Å². The molecule has 0 aliphatic rings. The fourth-order valence-corrected chi connectivity index (χ4v) is 2.01. The molecule has 112 valence electrons. The second kappa shape index (κ2) is 6.23. The Hall–Kier alpha value is -2.93. The van der Waals surface area contributed by atoms with Crippen molar-refractivity contribution in [2.45, 2.75) is 0 Å². The predicted octanol–water partition coefficient (Wildman–Crippen LogP) is 3.20. The van der Waals surface area contributed by atoms with Gasteiger partial charge in [-0.3, -0.25) is 14.9 Å². The fourth-order valence-electron chi connectivity index (χ4n) is 1.73. The monoisotopic (exact) mass is 320 g/mol. The number of hydrogen-bond acceptors (Lipinski definition) is 4. The molecule has 0 aliphatic heterocycles. The molecule has 0 aliphatic carbocycles. The third-order valence-electron chi connectivity index (χ3n) is 2.81. The van der Waals surface area contributed by atoms with E-state index in [-0.39, 0.29) is 21.8 Å². The molecule has 0 bridgehead atoms. The van der Waals surface area contributed by atoms with Crippen LogP contribution >= 0.6 is 11.6 Å². The first-order valence-electron chi connectivity index (χ1n) is 5.97. The Morgan fingerprint density at radius 1 is 1.14 bits per heavy atom. The van der Waals surface area contributed by atoms with Gasteiger partial charge in [0.25, 0.3) is 11.6 Å². The molecule has 0 spiro atoms. The van der Waals surface area contributed by atoms with E-state index in [1.165, 1.54) is 42.5 Å². The maximum absolute atomic E-state index is 12.1. The molecule has 2 aromatic rings. The van der Waals surface area contributed by atoms with Gasteiger partial charge in [-0.25, -0.2) is 4.79 Å². The SMILES string of the molecule is O=C(O)c1ccc(NC(=O)c2cccc([N+](=O)[O-])c2Cl)cc1. The van der Waals surface area contributed by atoms with Crippen molar-refractivity contribution in [2.75, 3.05) is 5.32 Å². The average molecular weight is 321 g/mol. The molecule has 22 heavy (non-hydrogen) atoms. The van der Waals surface area contributed by atoms with E-state index < -0.39 is 16.8 Å². The van der Waals surface area contributed by atoms with E-state index in [0.717, 1.165) is 0 Å². The predicted molar refractivity (Wildman–Crippen MR) is 79.5 cm³/mol. The summed E-state index contributed by atoms with van der Waals surface area (Å²) < 4.78 is 0. The van der Waals surface area contributed by atoms with Gasteiger partial charge in [0, 0.05) is 11.8 Å². The minimum absolute atomic E-state index is 0.0434. The summed E-state index contributed by atoms with van der Waals surface area (Å²) >= 11 is 5.85. The maximum Gasteiger partial charge on any atom is 0.335 e. The lowest BCUT2D eigenvalue weighted by molar-refractivity contribution is -0.384. The number of carboxylic acid groups (broad SMARTS) is 1. The van der Waals surface area contributed by atoms with Crippen LogP contribution < -0.4 is 5.32 Å². The molecule has 0 unspecified atom stereocenters. The molecule has 7 nitrogen and oxygen atoms in total. The summed E-state index contributed by atoms with van der Waals surface area (Å²) in [7, 11) is 0. The molecule has 1 amide bonds. The smallest absolute Gasteiger partial charge is 0.335 e. The number of anilines is 1. The van der Waals surface area contributed by atoms with Gasteiger partial charge in [-0.1, -0.05) is 17.7 Å². The minimum atomic E-state index is -1.08. The van der Waals surface area contributed by atoms with Gasteiger partial charge in [-0.05, 0) is 30.3 Å². The minimum Gasteiger partial charge on any atom is -0.478 e. The van der Waals surface area contributed by atoms with Crippen molar-refractivity contribution in [3.8, 4) is 0 Å². The van der Waals surface area contributed by atoms with Crippen molar-refractivity contribution in [3.05, 3.63) is 68.7 Å². The highest BCUT2D eigenvalue weighted by Gasteiger charge is 2.20. The first-order valence-corrected chi connectivity index (χ1v) is 6.35. The lowest BCUT2D eigenvalue weighted by atomic mass is 10.1. The van der Waals surface area contributed by atoms with Crippen LogP contribution in [0, 0.1) is 10.1 Å². The van der Waals surface area contributed by atoms with Crippen LogP contribution in [0.25, 0.3) is 0 Å². The van der Waals surface area contributed by atoms with Crippen molar-refractivity contribution in [1.29, 1.82) is 0 Å². The fraction of sp³-hybridized carbons (Fsp3) is 0. The number of aromatic carboxylic acids is 1. The average Bonchev–Trinajstić information content (AvgIpc) is 2.47. The molecule has 8 heteroatoms. The molecule has 2 rings (SSSR count). The Labute approximate surface area is 129 Å². The van der Waals surface area contributed by atoms with E-state index in [0.29, 0.717) is 5.69 Å². The number of carbonyl (C=O) groups is 2. The van der Waals surface area contributed by atoms with Gasteiger partial charge in [0.15, 0.2) is 0 Å². The molecule has 0 radical (unpaired) electrons. The molecule has 0 fully saturated rings. The Kier molecular flexibility index (Phi) is 4.38. The van der Waals surface area contributed by atoms with Crippen LogP contribution in [0.5, 0.6) is 0 Å². The topological polar surface area (TPSA) is 110 Å². The van der Waals surface area contributed by atoms with Crippen LogP contribution in [0.3, 0.4) is 0 Å². The highest BCUT2D eigenvalue weighted by atomic mass is 35.5. The van der Waals surface area contributed by atoms with Crippen molar-refractivity contribution in [3.63, 3.8) is 0 Å². The number of nitrogens with one attached hydrogen (secondary N) is 1. The number of nitro benzene ring substituents is 1. The summed E-state index contributed by atoms with van der Waals surface area (Å²) in [5, 5.41) is 21.8. The van der Waals surface area contributed by atoms with Crippen LogP contribution in [0.1, 0.15) is 20.7 Å². The number of carboxylic acids is 1. The van der Waals surface area contributed by atoms with E-state index in [2.05, 4.69) is 5.32 Å². The van der Waals surface area contributed by atoms with Crippen molar-refractivity contribution >= 4 is 34.9 Å². The zero-order chi connectivity index (χ0) is 16.3. The van der Waals surface area contributed by atoms with Gasteiger partial charge in [-0.2, -0.15) is 0 Å². The summed E-state index contributed by atoms with van der Waals surface area (Å²) in [5.41, 5.74) is 0.0117. The van der Waals surface area contributed by atoms with Gasteiger partial charge in [-0.15, -0.1) is 0 Å². The second-order valence-electron chi connectivity index (χ2n) is 4.23. The molecular weight excluding hydrogens is 312 g/mol. The molecule has 0 atom stereocenters. The highest BCUT2D eigenvalue weighted by Crippen LogP contribution is 2.28. The lowest BCUT2D eigenvalue weighted by Gasteiger charge is -2.07. The van der Waals surface area contributed by atoms with Crippen LogP contribution in [-0.4, -0.2) is 21.9 Å². The van der Waals surface area contributed by atoms with Crippen LogP contribution in [-0.2, 0) is 0 Å². The van der Waals surface area contributed by atoms with Gasteiger partial charge in [0.2, 0.25) is 0 Å². The summed E-state index contributed by atoms with van der Waals surface area (Å²) in [6.45, 7) is 0. The zero-order valence-corrected chi connectivity index (χ0v) is 11.7. The Balaban J connectivity index is 2.24. The van der Waals surface area contributed by atoms with E-state index in [1.54, 1.807) is 0 Å². The number of hydrogen-bond donors (Lipinski definition) is 2. The summed E-state index contributed by atoms with van der Waals surface area (Å²) in [4.78, 5) is 32.9. The summed E-state index contributed by atoms with van der Waals surface area (Å²) in [5.74, 6) is -1.71. The lowest BCUT2D eigenvalue weighted by Crippen LogP contribution is -2.13. The number of amides is 1. The first-order chi connectivity index (χ1) is 10.4. The van der Waals surface area contributed by atoms with Gasteiger partial charge < -0.3 is 10.4 Å². The highest BCUT2D eigenvalue weighted by molar-refractivity contribution is 6.36. The van der Waals surface area contributed by atoms with Gasteiger partial charge >= 0.3 is 5.97 Å². The Bertz CT molecular complexity index is 758. The third kappa shape index (κ3) is 3.21. The van der Waals surface area contributed by atoms with Crippen LogP contribution in [0.2, 0.25) is 5.02 Å². The third-order valence-corrected chi connectivity index (χ3v) is 3.21. The van der Waals surface area contributed by atoms with E-state index in [4.69, 9.17) is 16.7 Å². The summed E-state index contributed by atoms with van der Waals surface area (Å²) in [6.07, 6.45) is 0. The number of halogens is 1. The van der Waals surface area contributed by atoms with Gasteiger partial charge in [0.1, 0.15) is 5.02 Å². The Morgan fingerprint density at radius 3 is 2.32 bits per heavy atom. The van der Waals surface area contributed by atoms with Crippen molar-refractivity contribution in [2.24, 2.45) is 0 Å². The molecule has 0 saturated carbocycles. The van der Waals surface area contributed by atoms with Crippen LogP contribution in [0.4, 0.5) is 11.4 Å². The largest absolute Gasteiger partial charge is 0.478 e. The van der Waals surface area contributed by atoms with Crippen molar-refractivity contribution < 1.29 is 19.6 Å².